The standard InChI is InChI=1S/C14H19NO/c1-11(2)10-15-7-5-12-3-4-14-13(9-12)6-8-16-14/h3-4,9,15H,1,5-8,10H2,2H3. The molecule has 0 bridgehead atoms. The van der Waals surface area contributed by atoms with Crippen molar-refractivity contribution in [2.75, 3.05) is 19.7 Å². The van der Waals surface area contributed by atoms with Crippen LogP contribution in [0.1, 0.15) is 18.1 Å². The number of benzene rings is 1. The molecule has 0 aliphatic carbocycles. The van der Waals surface area contributed by atoms with Gasteiger partial charge in [0.1, 0.15) is 5.75 Å². The molecule has 1 aromatic carbocycles. The molecule has 1 aliphatic rings. The fraction of sp³-hybridized carbons (Fsp3) is 0.429. The van der Waals surface area contributed by atoms with Gasteiger partial charge in [0, 0.05) is 13.0 Å². The van der Waals surface area contributed by atoms with Gasteiger partial charge in [-0.05, 0) is 37.1 Å². The summed E-state index contributed by atoms with van der Waals surface area (Å²) in [6.07, 6.45) is 2.13. The molecule has 2 heteroatoms. The molecule has 86 valence electrons. The summed E-state index contributed by atoms with van der Waals surface area (Å²) in [6.45, 7) is 8.67. The Morgan fingerprint density at radius 3 is 3.19 bits per heavy atom. The lowest BCUT2D eigenvalue weighted by Gasteiger charge is -2.06. The molecule has 0 amide bonds. The monoisotopic (exact) mass is 217 g/mol. The Hall–Kier alpha value is -1.28. The van der Waals surface area contributed by atoms with E-state index in [9.17, 15) is 0 Å². The molecular formula is C14H19NO. The van der Waals surface area contributed by atoms with Crippen LogP contribution in [-0.2, 0) is 12.8 Å². The summed E-state index contributed by atoms with van der Waals surface area (Å²) in [5.74, 6) is 1.07. The van der Waals surface area contributed by atoms with Crippen molar-refractivity contribution in [1.82, 2.24) is 5.32 Å². The van der Waals surface area contributed by atoms with Crippen LogP contribution in [-0.4, -0.2) is 19.7 Å². The highest BCUT2D eigenvalue weighted by molar-refractivity contribution is 5.39. The average molecular weight is 217 g/mol. The SMILES string of the molecule is C=C(C)CNCCc1ccc2c(c1)CCO2. The second kappa shape index (κ2) is 5.17. The number of fused-ring (bicyclic) bond motifs is 1. The van der Waals surface area contributed by atoms with E-state index in [-0.39, 0.29) is 0 Å². The van der Waals surface area contributed by atoms with Gasteiger partial charge in [0.15, 0.2) is 0 Å². The van der Waals surface area contributed by atoms with Gasteiger partial charge >= 0.3 is 0 Å². The van der Waals surface area contributed by atoms with Gasteiger partial charge in [-0.3, -0.25) is 0 Å². The van der Waals surface area contributed by atoms with Crippen LogP contribution in [0.25, 0.3) is 0 Å². The van der Waals surface area contributed by atoms with E-state index in [1.165, 1.54) is 16.7 Å². The molecule has 16 heavy (non-hydrogen) atoms. The lowest BCUT2D eigenvalue weighted by atomic mass is 10.1. The maximum Gasteiger partial charge on any atom is 0.122 e. The molecule has 0 saturated heterocycles. The van der Waals surface area contributed by atoms with Crippen LogP contribution in [0.3, 0.4) is 0 Å². The second-order valence-electron chi connectivity index (χ2n) is 4.42. The van der Waals surface area contributed by atoms with Gasteiger partial charge in [0.2, 0.25) is 0 Å². The first-order valence-electron chi connectivity index (χ1n) is 5.85. The molecule has 2 rings (SSSR count). The Morgan fingerprint density at radius 2 is 2.38 bits per heavy atom. The minimum Gasteiger partial charge on any atom is -0.493 e. The van der Waals surface area contributed by atoms with Crippen LogP contribution >= 0.6 is 0 Å². The number of nitrogens with one attached hydrogen (secondary N) is 1. The fourth-order valence-corrected chi connectivity index (χ4v) is 1.93. The van der Waals surface area contributed by atoms with Crippen molar-refractivity contribution in [1.29, 1.82) is 0 Å². The van der Waals surface area contributed by atoms with Crippen molar-refractivity contribution >= 4 is 0 Å². The topological polar surface area (TPSA) is 21.3 Å². The average Bonchev–Trinajstić information content (AvgIpc) is 2.71. The number of rotatable bonds is 5. The van der Waals surface area contributed by atoms with E-state index in [0.717, 1.165) is 38.3 Å². The molecule has 0 unspecified atom stereocenters. The Balaban J connectivity index is 1.83. The zero-order chi connectivity index (χ0) is 11.4. The smallest absolute Gasteiger partial charge is 0.122 e. The van der Waals surface area contributed by atoms with E-state index in [2.05, 4.69) is 30.1 Å². The van der Waals surface area contributed by atoms with Gasteiger partial charge in [0.05, 0.1) is 6.61 Å². The van der Waals surface area contributed by atoms with E-state index in [0.29, 0.717) is 0 Å². The van der Waals surface area contributed by atoms with Crippen LogP contribution in [0.5, 0.6) is 5.75 Å². The molecule has 1 heterocycles. The summed E-state index contributed by atoms with van der Waals surface area (Å²) in [6, 6.07) is 6.52. The van der Waals surface area contributed by atoms with Crippen LogP contribution < -0.4 is 10.1 Å². The van der Waals surface area contributed by atoms with E-state index in [1.54, 1.807) is 0 Å². The fourth-order valence-electron chi connectivity index (χ4n) is 1.93. The van der Waals surface area contributed by atoms with E-state index >= 15 is 0 Å². The second-order valence-corrected chi connectivity index (χ2v) is 4.42. The lowest BCUT2D eigenvalue weighted by molar-refractivity contribution is 0.357. The van der Waals surface area contributed by atoms with Crippen LogP contribution in [0.4, 0.5) is 0 Å². The Morgan fingerprint density at radius 1 is 1.50 bits per heavy atom. The summed E-state index contributed by atoms with van der Waals surface area (Å²) >= 11 is 0. The largest absolute Gasteiger partial charge is 0.493 e. The highest BCUT2D eigenvalue weighted by Crippen LogP contribution is 2.25. The molecule has 0 atom stereocenters. The first-order chi connectivity index (χ1) is 7.75. The predicted molar refractivity (Wildman–Crippen MR) is 67.0 cm³/mol. The predicted octanol–water partition coefficient (Wildman–Crippen LogP) is 2.33. The zero-order valence-corrected chi connectivity index (χ0v) is 9.88. The van der Waals surface area contributed by atoms with E-state index in [1.807, 2.05) is 6.92 Å². The Kier molecular flexibility index (Phi) is 3.62. The van der Waals surface area contributed by atoms with Gasteiger partial charge in [0.25, 0.3) is 0 Å². The Labute approximate surface area is 97.3 Å². The lowest BCUT2D eigenvalue weighted by Crippen LogP contribution is -2.18. The van der Waals surface area contributed by atoms with E-state index < -0.39 is 0 Å². The van der Waals surface area contributed by atoms with Gasteiger partial charge in [-0.1, -0.05) is 24.3 Å². The third-order valence-electron chi connectivity index (χ3n) is 2.77. The van der Waals surface area contributed by atoms with Crippen LogP contribution in [0, 0.1) is 0 Å². The first kappa shape index (κ1) is 11.2. The quantitative estimate of drug-likeness (QED) is 0.604. The third-order valence-corrected chi connectivity index (χ3v) is 2.77. The van der Waals surface area contributed by atoms with Crippen molar-refractivity contribution in [2.45, 2.75) is 19.8 Å². The molecular weight excluding hydrogens is 198 g/mol. The van der Waals surface area contributed by atoms with Crippen molar-refractivity contribution in [2.24, 2.45) is 0 Å². The molecule has 1 aliphatic heterocycles. The molecule has 1 aromatic rings. The van der Waals surface area contributed by atoms with Gasteiger partial charge in [-0.2, -0.15) is 0 Å². The van der Waals surface area contributed by atoms with E-state index in [4.69, 9.17) is 4.74 Å². The highest BCUT2D eigenvalue weighted by Gasteiger charge is 2.11. The normalized spacial score (nSPS) is 13.3. The summed E-state index contributed by atoms with van der Waals surface area (Å²) in [5, 5.41) is 3.37. The van der Waals surface area contributed by atoms with Crippen molar-refractivity contribution in [3.05, 3.63) is 41.5 Å². The van der Waals surface area contributed by atoms with Crippen molar-refractivity contribution in [3.63, 3.8) is 0 Å². The number of hydrogen-bond donors (Lipinski definition) is 1. The maximum atomic E-state index is 5.48. The molecule has 0 aromatic heterocycles. The molecule has 0 radical (unpaired) electrons. The van der Waals surface area contributed by atoms with Gasteiger partial charge in [-0.15, -0.1) is 0 Å². The molecule has 1 N–H and O–H groups in total. The van der Waals surface area contributed by atoms with Crippen molar-refractivity contribution in [3.8, 4) is 5.75 Å². The summed E-state index contributed by atoms with van der Waals surface area (Å²) in [7, 11) is 0. The number of hydrogen-bond acceptors (Lipinski definition) is 2. The molecule has 0 spiro atoms. The summed E-state index contributed by atoms with van der Waals surface area (Å²) in [4.78, 5) is 0. The van der Waals surface area contributed by atoms with Crippen LogP contribution in [0.2, 0.25) is 0 Å². The minimum atomic E-state index is 0.840. The third kappa shape index (κ3) is 2.86. The molecule has 2 nitrogen and oxygen atoms in total. The number of ether oxygens (including phenoxy) is 1. The van der Waals surface area contributed by atoms with Gasteiger partial charge < -0.3 is 10.1 Å². The zero-order valence-electron chi connectivity index (χ0n) is 9.88. The summed E-state index contributed by atoms with van der Waals surface area (Å²) in [5.41, 5.74) is 3.93. The van der Waals surface area contributed by atoms with Gasteiger partial charge in [-0.25, -0.2) is 0 Å². The highest BCUT2D eigenvalue weighted by atomic mass is 16.5. The molecule has 0 fully saturated rings. The minimum absolute atomic E-state index is 0.840. The van der Waals surface area contributed by atoms with Crippen molar-refractivity contribution < 1.29 is 4.74 Å². The Bertz CT molecular complexity index is 384. The molecule has 0 saturated carbocycles. The van der Waals surface area contributed by atoms with Crippen LogP contribution in [0.15, 0.2) is 30.4 Å². The maximum absolute atomic E-state index is 5.48. The summed E-state index contributed by atoms with van der Waals surface area (Å²) < 4.78 is 5.48. The first-order valence-corrected chi connectivity index (χ1v) is 5.85.